The predicted octanol–water partition coefficient (Wildman–Crippen LogP) is 4.42. The Morgan fingerprint density at radius 2 is 1.77 bits per heavy atom. The van der Waals surface area contributed by atoms with Crippen molar-refractivity contribution < 1.29 is 23.1 Å². The van der Waals surface area contributed by atoms with E-state index in [4.69, 9.17) is 13.5 Å². The van der Waals surface area contributed by atoms with Gasteiger partial charge in [0.25, 0.3) is 0 Å². The van der Waals surface area contributed by atoms with Crippen LogP contribution in [0, 0.1) is 0 Å². The molecule has 0 radical (unpaired) electrons. The van der Waals surface area contributed by atoms with Gasteiger partial charge in [0, 0.05) is 6.16 Å². The monoisotopic (exact) mass is 354 g/mol. The maximum atomic E-state index is 12.3. The fourth-order valence-electron chi connectivity index (χ4n) is 1.57. The minimum Gasteiger partial charge on any atom is -0.414 e. The third-order valence-electron chi connectivity index (χ3n) is 4.01. The van der Waals surface area contributed by atoms with Crippen molar-refractivity contribution in [2.24, 2.45) is 0 Å². The Kier molecular flexibility index (Phi) is 9.68. The van der Waals surface area contributed by atoms with Crippen LogP contribution in [-0.2, 0) is 18.0 Å². The first-order chi connectivity index (χ1) is 9.97. The number of hydrogen-bond acceptors (Lipinski definition) is 5. The normalized spacial score (nSPS) is 17.3. The van der Waals surface area contributed by atoms with Gasteiger partial charge in [-0.1, -0.05) is 27.7 Å². The van der Waals surface area contributed by atoms with Gasteiger partial charge in [-0.3, -0.25) is 4.57 Å². The smallest absolute Gasteiger partial charge is 0.330 e. The summed E-state index contributed by atoms with van der Waals surface area (Å²) in [7, 11) is -4.85. The van der Waals surface area contributed by atoms with Crippen LogP contribution in [-0.4, -0.2) is 45.5 Å². The Balaban J connectivity index is 4.19. The number of aliphatic hydroxyl groups excluding tert-OH is 1. The van der Waals surface area contributed by atoms with Crippen LogP contribution in [0.5, 0.6) is 0 Å². The van der Waals surface area contributed by atoms with E-state index in [1.165, 1.54) is 0 Å². The number of hydrogen-bond donors (Lipinski definition) is 1. The van der Waals surface area contributed by atoms with Gasteiger partial charge in [0.15, 0.2) is 8.32 Å². The van der Waals surface area contributed by atoms with Crippen molar-refractivity contribution in [1.82, 2.24) is 0 Å². The van der Waals surface area contributed by atoms with E-state index in [0.717, 1.165) is 6.42 Å². The molecule has 0 heterocycles. The highest BCUT2D eigenvalue weighted by molar-refractivity contribution is 7.53. The van der Waals surface area contributed by atoms with Crippen LogP contribution in [0.4, 0.5) is 0 Å². The highest BCUT2D eigenvalue weighted by Gasteiger charge is 2.37. The van der Waals surface area contributed by atoms with Gasteiger partial charge < -0.3 is 18.6 Å². The predicted molar refractivity (Wildman–Crippen MR) is 94.1 cm³/mol. The molecule has 2 unspecified atom stereocenters. The lowest BCUT2D eigenvalue weighted by Crippen LogP contribution is -2.42. The van der Waals surface area contributed by atoms with Gasteiger partial charge in [-0.25, -0.2) is 0 Å². The third-order valence-corrected chi connectivity index (χ3v) is 10.7. The van der Waals surface area contributed by atoms with E-state index in [2.05, 4.69) is 33.9 Å². The molecule has 22 heavy (non-hydrogen) atoms. The second kappa shape index (κ2) is 9.55. The SMILES string of the molecule is CCCP(=O)(OCC)OCCC(O)CO[Si](C)(C)C(C)(C)C. The zero-order valence-electron chi connectivity index (χ0n) is 15.3. The lowest BCUT2D eigenvalue weighted by molar-refractivity contribution is 0.0763. The van der Waals surface area contributed by atoms with E-state index in [9.17, 15) is 9.67 Å². The maximum absolute atomic E-state index is 12.3. The zero-order valence-corrected chi connectivity index (χ0v) is 17.2. The molecule has 0 fully saturated rings. The standard InChI is InChI=1S/C15H35O5PSi/c1-8-12-21(17,18-9-2)19-11-10-14(16)13-20-22(6,7)15(3,4)5/h14,16H,8-13H2,1-7H3. The number of rotatable bonds is 11. The molecule has 0 rings (SSSR count). The highest BCUT2D eigenvalue weighted by atomic mass is 31.2. The van der Waals surface area contributed by atoms with Crippen molar-refractivity contribution in [3.8, 4) is 0 Å². The molecule has 1 N–H and O–H groups in total. The van der Waals surface area contributed by atoms with Crippen molar-refractivity contribution >= 4 is 15.9 Å². The molecule has 0 aliphatic rings. The van der Waals surface area contributed by atoms with E-state index in [0.29, 0.717) is 25.8 Å². The maximum Gasteiger partial charge on any atom is 0.330 e. The molecular formula is C15H35O5PSi. The molecule has 0 aromatic carbocycles. The van der Waals surface area contributed by atoms with Crippen LogP contribution in [0.2, 0.25) is 18.1 Å². The molecule has 0 aromatic rings. The summed E-state index contributed by atoms with van der Waals surface area (Å²) in [5.41, 5.74) is 0. The first-order valence-corrected chi connectivity index (χ1v) is 12.8. The Bertz CT molecular complexity index is 344. The molecule has 0 aliphatic carbocycles. The quantitative estimate of drug-likeness (QED) is 0.440. The Morgan fingerprint density at radius 3 is 2.23 bits per heavy atom. The van der Waals surface area contributed by atoms with E-state index in [1.807, 2.05) is 6.92 Å². The molecule has 2 atom stereocenters. The van der Waals surface area contributed by atoms with Gasteiger partial charge in [-0.05, 0) is 37.9 Å². The van der Waals surface area contributed by atoms with Crippen molar-refractivity contribution in [1.29, 1.82) is 0 Å². The topological polar surface area (TPSA) is 65.0 Å². The van der Waals surface area contributed by atoms with E-state index in [-0.39, 0.29) is 11.6 Å². The summed E-state index contributed by atoms with van der Waals surface area (Å²) in [6.07, 6.45) is 0.951. The molecule has 0 amide bonds. The highest BCUT2D eigenvalue weighted by Crippen LogP contribution is 2.48. The summed E-state index contributed by atoms with van der Waals surface area (Å²) in [5.74, 6) is 0. The summed E-state index contributed by atoms with van der Waals surface area (Å²) in [4.78, 5) is 0. The van der Waals surface area contributed by atoms with Gasteiger partial charge in [-0.15, -0.1) is 0 Å². The minimum atomic E-state index is -3.00. The summed E-state index contributed by atoms with van der Waals surface area (Å²) >= 11 is 0. The molecule has 5 nitrogen and oxygen atoms in total. The van der Waals surface area contributed by atoms with Crippen molar-refractivity contribution in [2.75, 3.05) is 26.0 Å². The second-order valence-corrected chi connectivity index (χ2v) is 14.1. The summed E-state index contributed by atoms with van der Waals surface area (Å²) in [6, 6.07) is 0. The Hall–Kier alpha value is 0.287. The molecule has 7 heteroatoms. The van der Waals surface area contributed by atoms with Gasteiger partial charge in [0.2, 0.25) is 0 Å². The molecule has 0 saturated carbocycles. The summed E-state index contributed by atoms with van der Waals surface area (Å²) in [6.45, 7) is 15.4. The van der Waals surface area contributed by atoms with Crippen molar-refractivity contribution in [3.05, 3.63) is 0 Å². The molecule has 134 valence electrons. The lowest BCUT2D eigenvalue weighted by atomic mass is 10.2. The van der Waals surface area contributed by atoms with Crippen LogP contribution < -0.4 is 0 Å². The minimum absolute atomic E-state index is 0.120. The summed E-state index contributed by atoms with van der Waals surface area (Å²) in [5, 5.41) is 10.1. The molecule has 0 aliphatic heterocycles. The van der Waals surface area contributed by atoms with E-state index in [1.54, 1.807) is 6.92 Å². The molecule has 0 saturated heterocycles. The van der Waals surface area contributed by atoms with Crippen LogP contribution in [0.25, 0.3) is 0 Å². The lowest BCUT2D eigenvalue weighted by Gasteiger charge is -2.36. The molecule has 0 bridgehead atoms. The average Bonchev–Trinajstić information content (AvgIpc) is 2.35. The van der Waals surface area contributed by atoms with Gasteiger partial charge >= 0.3 is 7.60 Å². The first-order valence-electron chi connectivity index (χ1n) is 8.17. The van der Waals surface area contributed by atoms with Crippen LogP contribution in [0.15, 0.2) is 0 Å². The number of aliphatic hydroxyl groups is 1. The van der Waals surface area contributed by atoms with Gasteiger partial charge in [0.05, 0.1) is 25.9 Å². The second-order valence-electron chi connectivity index (χ2n) is 7.10. The fourth-order valence-corrected chi connectivity index (χ4v) is 4.27. The molecule has 0 spiro atoms. The Morgan fingerprint density at radius 1 is 1.18 bits per heavy atom. The third kappa shape index (κ3) is 8.23. The first kappa shape index (κ1) is 22.3. The van der Waals surface area contributed by atoms with Crippen LogP contribution in [0.3, 0.4) is 0 Å². The van der Waals surface area contributed by atoms with E-state index >= 15 is 0 Å². The fraction of sp³-hybridized carbons (Fsp3) is 1.00. The van der Waals surface area contributed by atoms with Crippen molar-refractivity contribution in [3.63, 3.8) is 0 Å². The summed E-state index contributed by atoms with van der Waals surface area (Å²) < 4.78 is 28.9. The molecular weight excluding hydrogens is 319 g/mol. The van der Waals surface area contributed by atoms with E-state index < -0.39 is 22.0 Å². The van der Waals surface area contributed by atoms with Gasteiger partial charge in [0.1, 0.15) is 0 Å². The van der Waals surface area contributed by atoms with Crippen LogP contribution >= 0.6 is 7.60 Å². The van der Waals surface area contributed by atoms with Crippen molar-refractivity contribution in [2.45, 2.75) is 71.7 Å². The largest absolute Gasteiger partial charge is 0.414 e. The zero-order chi connectivity index (χ0) is 17.4. The Labute approximate surface area is 137 Å². The molecule has 0 aromatic heterocycles. The average molecular weight is 355 g/mol. The van der Waals surface area contributed by atoms with Crippen LogP contribution in [0.1, 0.15) is 47.5 Å². The van der Waals surface area contributed by atoms with Gasteiger partial charge in [-0.2, -0.15) is 0 Å².